The van der Waals surface area contributed by atoms with Gasteiger partial charge in [-0.25, -0.2) is 0 Å². The normalized spacial score (nSPS) is 26.4. The van der Waals surface area contributed by atoms with E-state index < -0.39 is 0 Å². The van der Waals surface area contributed by atoms with E-state index in [9.17, 15) is 0 Å². The highest BCUT2D eigenvalue weighted by Crippen LogP contribution is 1.94. The summed E-state index contributed by atoms with van der Waals surface area (Å²) in [7, 11) is 2.16. The molecule has 0 aromatic carbocycles. The first-order valence-electron chi connectivity index (χ1n) is 2.66. The van der Waals surface area contributed by atoms with Crippen molar-refractivity contribution in [3.8, 4) is 0 Å². The molecule has 0 N–H and O–H groups in total. The van der Waals surface area contributed by atoms with E-state index in [0.29, 0.717) is 0 Å². The molecule has 0 amide bonds. The fourth-order valence-electron chi connectivity index (χ4n) is 0.895. The molecule has 0 aromatic rings. The maximum Gasteiger partial charge on any atom is 0.323 e. The fourth-order valence-corrected chi connectivity index (χ4v) is 1.58. The van der Waals surface area contributed by atoms with Gasteiger partial charge >= 0.3 is 16.5 Å². The van der Waals surface area contributed by atoms with Crippen LogP contribution in [0.15, 0.2) is 0 Å². The Hall–Kier alpha value is 0.452. The summed E-state index contributed by atoms with van der Waals surface area (Å²) in [6.07, 6.45) is 0. The molecule has 1 heterocycles. The van der Waals surface area contributed by atoms with Gasteiger partial charge in [-0.05, 0) is 13.6 Å². The lowest BCUT2D eigenvalue weighted by molar-refractivity contribution is 0.371. The Kier molecular flexibility index (Phi) is 1.71. The van der Waals surface area contributed by atoms with E-state index in [4.69, 9.17) is 0 Å². The van der Waals surface area contributed by atoms with E-state index in [0.717, 1.165) is 0 Å². The van der Waals surface area contributed by atoms with Crippen molar-refractivity contribution in [2.45, 2.75) is 0 Å². The first-order chi connectivity index (χ1) is 3.29. The Balaban J connectivity index is 2.26. The fraction of sp³-hybridized carbons (Fsp3) is 1.00. The molecule has 1 aliphatic heterocycles. The Bertz CT molecular complexity index is 58.7. The van der Waals surface area contributed by atoms with Gasteiger partial charge in [0.1, 0.15) is 0 Å². The van der Waals surface area contributed by atoms with Gasteiger partial charge in [-0.3, -0.25) is 4.90 Å². The van der Waals surface area contributed by atoms with Crippen molar-refractivity contribution in [2.75, 3.05) is 26.8 Å². The summed E-state index contributed by atoms with van der Waals surface area (Å²) in [5.41, 5.74) is 0. The van der Waals surface area contributed by atoms with Gasteiger partial charge in [-0.1, -0.05) is 0 Å². The molecule has 40 valence electrons. The van der Waals surface area contributed by atoms with E-state index in [1.807, 2.05) is 0 Å². The van der Waals surface area contributed by atoms with Crippen molar-refractivity contribution in [2.24, 2.45) is 0 Å². The quantitative estimate of drug-likeness (QED) is 0.363. The maximum atomic E-state index is 2.44. The highest BCUT2D eigenvalue weighted by Gasteiger charge is 2.09. The Morgan fingerprint density at radius 2 is 2.14 bits per heavy atom. The Morgan fingerprint density at radius 1 is 1.43 bits per heavy atom. The van der Waals surface area contributed by atoms with Crippen molar-refractivity contribution in [3.05, 3.63) is 0 Å². The summed E-state index contributed by atoms with van der Waals surface area (Å²) in [6.45, 7) is 3.76. The minimum absolute atomic E-state index is 1.20. The third kappa shape index (κ3) is 1.43. The molecule has 0 radical (unpaired) electrons. The highest BCUT2D eigenvalue weighted by atomic mass is 27.1. The van der Waals surface area contributed by atoms with Gasteiger partial charge in [0.25, 0.3) is 0 Å². The van der Waals surface area contributed by atoms with Crippen molar-refractivity contribution in [1.82, 2.24) is 8.78 Å². The third-order valence-electron chi connectivity index (χ3n) is 1.35. The predicted molar refractivity (Wildman–Crippen MR) is 32.7 cm³/mol. The van der Waals surface area contributed by atoms with Crippen molar-refractivity contribution < 1.29 is 0 Å². The second-order valence-electron chi connectivity index (χ2n) is 2.30. The molecule has 0 aliphatic carbocycles. The molecule has 0 saturated carbocycles. The summed E-state index contributed by atoms with van der Waals surface area (Å²) in [4.78, 5) is 2.34. The zero-order chi connectivity index (χ0) is 5.28. The molecular formula is C4H11AlN2. The molecule has 2 nitrogen and oxygen atoms in total. The predicted octanol–water partition coefficient (Wildman–Crippen LogP) is -1.26. The van der Waals surface area contributed by atoms with Gasteiger partial charge in [-0.15, -0.1) is 0 Å². The van der Waals surface area contributed by atoms with Crippen LogP contribution in [0, 0.1) is 0 Å². The van der Waals surface area contributed by atoms with Crippen LogP contribution in [0.1, 0.15) is 0 Å². The standard InChI is InChI=1S/C4H9N2.Al.2H/c1-6-3-2-5-4-6;;;/h2-4H2,1H3;;;/q-1;+1;;. The van der Waals surface area contributed by atoms with E-state index >= 15 is 0 Å². The van der Waals surface area contributed by atoms with Crippen LogP contribution in [0.2, 0.25) is 0 Å². The van der Waals surface area contributed by atoms with Gasteiger partial charge in [0.05, 0.1) is 0 Å². The summed E-state index contributed by atoms with van der Waals surface area (Å²) in [6, 6.07) is 0. The molecule has 3 heteroatoms. The van der Waals surface area contributed by atoms with Gasteiger partial charge in [-0.2, -0.15) is 0 Å². The van der Waals surface area contributed by atoms with Crippen LogP contribution in [-0.2, 0) is 0 Å². The van der Waals surface area contributed by atoms with Crippen molar-refractivity contribution in [3.63, 3.8) is 0 Å². The minimum Gasteiger partial charge on any atom is -0.378 e. The summed E-state index contributed by atoms with van der Waals surface area (Å²) >= 11 is 1.23. The van der Waals surface area contributed by atoms with E-state index in [-0.39, 0.29) is 0 Å². The molecule has 0 unspecified atom stereocenters. The second kappa shape index (κ2) is 2.15. The van der Waals surface area contributed by atoms with Crippen LogP contribution in [0.25, 0.3) is 0 Å². The van der Waals surface area contributed by atoms with Crippen LogP contribution in [-0.4, -0.2) is 52.1 Å². The second-order valence-corrected chi connectivity index (χ2v) is 3.57. The monoisotopic (exact) mass is 114 g/mol. The lowest BCUT2D eigenvalue weighted by Crippen LogP contribution is -2.19. The van der Waals surface area contributed by atoms with Gasteiger partial charge in [0.2, 0.25) is 0 Å². The molecule has 0 spiro atoms. The van der Waals surface area contributed by atoms with E-state index in [2.05, 4.69) is 15.8 Å². The molecule has 1 aliphatic rings. The molecule has 7 heavy (non-hydrogen) atoms. The minimum atomic E-state index is 1.20. The SMILES string of the molecule is CN1CC[N]([AlH2])C1. The number of hydrogen-bond donors (Lipinski definition) is 0. The maximum absolute atomic E-state index is 2.44. The number of rotatable bonds is 0. The Labute approximate surface area is 52.7 Å². The zero-order valence-electron chi connectivity index (χ0n) is 5.02. The first-order valence-corrected chi connectivity index (χ1v) is 3.55. The topological polar surface area (TPSA) is 6.48 Å². The number of nitrogens with zero attached hydrogens (tertiary/aromatic N) is 2. The van der Waals surface area contributed by atoms with E-state index in [1.165, 1.54) is 36.3 Å². The molecule has 1 fully saturated rings. The molecule has 0 atom stereocenters. The molecular weight excluding hydrogens is 103 g/mol. The lowest BCUT2D eigenvalue weighted by atomic mass is 10.7. The van der Waals surface area contributed by atoms with Crippen LogP contribution >= 0.6 is 0 Å². The van der Waals surface area contributed by atoms with Crippen LogP contribution in [0.4, 0.5) is 0 Å². The third-order valence-corrected chi connectivity index (χ3v) is 2.08. The molecule has 1 rings (SSSR count). The Morgan fingerprint density at radius 3 is 2.29 bits per heavy atom. The smallest absolute Gasteiger partial charge is 0.323 e. The van der Waals surface area contributed by atoms with Gasteiger partial charge in [0, 0.05) is 13.2 Å². The molecule has 1 saturated heterocycles. The summed E-state index contributed by atoms with van der Waals surface area (Å²) < 4.78 is 2.44. The summed E-state index contributed by atoms with van der Waals surface area (Å²) in [5.74, 6) is 0. The van der Waals surface area contributed by atoms with Gasteiger partial charge in [0.15, 0.2) is 0 Å². The molecule has 0 aromatic heterocycles. The lowest BCUT2D eigenvalue weighted by Gasteiger charge is -2.07. The summed E-state index contributed by atoms with van der Waals surface area (Å²) in [5, 5.41) is 0. The van der Waals surface area contributed by atoms with Gasteiger partial charge < -0.3 is 3.88 Å². The van der Waals surface area contributed by atoms with Crippen molar-refractivity contribution >= 4 is 16.5 Å². The number of hydrogen-bond acceptors (Lipinski definition) is 2. The highest BCUT2D eigenvalue weighted by molar-refractivity contribution is 6.04. The zero-order valence-corrected chi connectivity index (χ0v) is 7.02. The van der Waals surface area contributed by atoms with Crippen LogP contribution in [0.3, 0.4) is 0 Å². The van der Waals surface area contributed by atoms with Crippen molar-refractivity contribution in [1.29, 1.82) is 0 Å². The average molecular weight is 114 g/mol. The largest absolute Gasteiger partial charge is 0.378 e. The number of likely N-dealkylation sites (N-methyl/N-ethyl adjacent to an activating group) is 1. The average Bonchev–Trinajstić information content (AvgIpc) is 1.87. The first kappa shape index (κ1) is 5.59. The molecule has 0 bridgehead atoms. The van der Waals surface area contributed by atoms with Crippen LogP contribution < -0.4 is 0 Å². The van der Waals surface area contributed by atoms with Crippen LogP contribution in [0.5, 0.6) is 0 Å². The van der Waals surface area contributed by atoms with E-state index in [1.54, 1.807) is 0 Å².